The summed E-state index contributed by atoms with van der Waals surface area (Å²) in [5, 5.41) is 9.57. The second-order valence-electron chi connectivity index (χ2n) is 8.33. The van der Waals surface area contributed by atoms with E-state index in [-0.39, 0.29) is 18.6 Å². The van der Waals surface area contributed by atoms with E-state index >= 15 is 0 Å². The van der Waals surface area contributed by atoms with E-state index in [1.165, 1.54) is 51.4 Å². The van der Waals surface area contributed by atoms with Crippen LogP contribution < -0.4 is 0 Å². The molecule has 0 spiro atoms. The van der Waals surface area contributed by atoms with E-state index in [1.54, 1.807) is 0 Å². The minimum Gasteiger partial charge on any atom is -0.480 e. The summed E-state index contributed by atoms with van der Waals surface area (Å²) in [5.41, 5.74) is 0. The van der Waals surface area contributed by atoms with Crippen molar-refractivity contribution in [2.75, 3.05) is 6.54 Å². The van der Waals surface area contributed by atoms with E-state index in [1.807, 2.05) is 0 Å². The average molecular weight is 408 g/mol. The normalized spacial score (nSPS) is 14.2. The molecule has 2 unspecified atom stereocenters. The van der Waals surface area contributed by atoms with E-state index in [4.69, 9.17) is 0 Å². The van der Waals surface area contributed by atoms with Crippen molar-refractivity contribution in [2.45, 2.75) is 130 Å². The number of carbonyl (C=O) groups is 1. The molecule has 3 heteroatoms. The highest BCUT2D eigenvalue weighted by Gasteiger charge is 2.24. The Hall–Kier alpha value is -1.09. The highest BCUT2D eigenvalue weighted by atomic mass is 16.4. The summed E-state index contributed by atoms with van der Waals surface area (Å²) >= 11 is 0. The first-order valence-corrected chi connectivity index (χ1v) is 12.4. The van der Waals surface area contributed by atoms with Gasteiger partial charge in [0.05, 0.1) is 6.54 Å². The fraction of sp³-hybridized carbons (Fsp3) is 0.808. The smallest absolute Gasteiger partial charge is 0.317 e. The van der Waals surface area contributed by atoms with Gasteiger partial charge in [-0.25, -0.2) is 0 Å². The lowest BCUT2D eigenvalue weighted by atomic mass is 10.0. The van der Waals surface area contributed by atoms with Gasteiger partial charge in [0.25, 0.3) is 0 Å². The zero-order valence-corrected chi connectivity index (χ0v) is 19.9. The van der Waals surface area contributed by atoms with Crippen molar-refractivity contribution < 1.29 is 9.90 Å². The van der Waals surface area contributed by atoms with Gasteiger partial charge in [0.1, 0.15) is 0 Å². The van der Waals surface area contributed by atoms with E-state index < -0.39 is 5.97 Å². The van der Waals surface area contributed by atoms with Crippen molar-refractivity contribution in [1.82, 2.24) is 4.90 Å². The lowest BCUT2D eigenvalue weighted by Crippen LogP contribution is -2.44. The lowest BCUT2D eigenvalue weighted by Gasteiger charge is -2.34. The molecule has 0 rings (SSSR count). The van der Waals surface area contributed by atoms with Crippen LogP contribution in [0.2, 0.25) is 0 Å². The molecule has 3 nitrogen and oxygen atoms in total. The Morgan fingerprint density at radius 2 is 1.17 bits per heavy atom. The molecule has 0 heterocycles. The van der Waals surface area contributed by atoms with Crippen molar-refractivity contribution in [3.05, 3.63) is 24.3 Å². The van der Waals surface area contributed by atoms with Gasteiger partial charge in [0, 0.05) is 12.1 Å². The van der Waals surface area contributed by atoms with Gasteiger partial charge in [0.15, 0.2) is 0 Å². The maximum absolute atomic E-state index is 11.6. The third kappa shape index (κ3) is 15.4. The predicted octanol–water partition coefficient (Wildman–Crippen LogP) is 7.76. The number of allylic oxidation sites excluding steroid dienone is 2. The van der Waals surface area contributed by atoms with E-state index in [0.29, 0.717) is 0 Å². The van der Waals surface area contributed by atoms with Crippen LogP contribution in [-0.2, 0) is 4.79 Å². The maximum Gasteiger partial charge on any atom is 0.317 e. The monoisotopic (exact) mass is 407 g/mol. The first kappa shape index (κ1) is 27.9. The summed E-state index contributed by atoms with van der Waals surface area (Å²) in [6, 6.07) is 0.423. The van der Waals surface area contributed by atoms with Gasteiger partial charge in [0.2, 0.25) is 0 Å². The summed E-state index contributed by atoms with van der Waals surface area (Å²) in [7, 11) is 0. The van der Waals surface area contributed by atoms with Crippen LogP contribution in [0.15, 0.2) is 24.3 Å². The average Bonchev–Trinajstić information content (AvgIpc) is 2.69. The molecule has 29 heavy (non-hydrogen) atoms. The van der Waals surface area contributed by atoms with Gasteiger partial charge in [-0.1, -0.05) is 103 Å². The minimum atomic E-state index is -0.722. The molecule has 0 aliphatic rings. The molecule has 0 radical (unpaired) electrons. The summed E-state index contributed by atoms with van der Waals surface area (Å²) in [4.78, 5) is 13.9. The Morgan fingerprint density at radius 1 is 0.724 bits per heavy atom. The quantitative estimate of drug-likeness (QED) is 0.165. The predicted molar refractivity (Wildman–Crippen MR) is 128 cm³/mol. The van der Waals surface area contributed by atoms with Crippen molar-refractivity contribution in [2.24, 2.45) is 0 Å². The van der Waals surface area contributed by atoms with Gasteiger partial charge in [-0.3, -0.25) is 9.69 Å². The number of hydrogen-bond acceptors (Lipinski definition) is 2. The highest BCUT2D eigenvalue weighted by molar-refractivity contribution is 5.69. The largest absolute Gasteiger partial charge is 0.480 e. The van der Waals surface area contributed by atoms with Crippen LogP contribution in [0.4, 0.5) is 0 Å². The van der Waals surface area contributed by atoms with Gasteiger partial charge in [-0.2, -0.15) is 0 Å². The molecule has 0 bridgehead atoms. The molecule has 0 aromatic rings. The van der Waals surface area contributed by atoms with E-state index in [2.05, 4.69) is 56.9 Å². The number of carboxylic acids is 1. The fourth-order valence-corrected chi connectivity index (χ4v) is 3.86. The number of aliphatic carboxylic acids is 1. The molecule has 170 valence electrons. The Morgan fingerprint density at radius 3 is 1.52 bits per heavy atom. The molecule has 1 N–H and O–H groups in total. The molecular formula is C26H49NO2. The lowest BCUT2D eigenvalue weighted by molar-refractivity contribution is -0.139. The summed E-state index contributed by atoms with van der Waals surface area (Å²) in [6.45, 7) is 8.98. The van der Waals surface area contributed by atoms with Crippen molar-refractivity contribution >= 4 is 5.97 Å². The number of carboxylic acid groups (broad SMARTS) is 1. The molecule has 0 aromatic heterocycles. The highest BCUT2D eigenvalue weighted by Crippen LogP contribution is 2.19. The van der Waals surface area contributed by atoms with Crippen LogP contribution in [0, 0.1) is 0 Å². The molecular weight excluding hydrogens is 358 g/mol. The Kier molecular flexibility index (Phi) is 19.4. The van der Waals surface area contributed by atoms with Gasteiger partial charge in [-0.15, -0.1) is 0 Å². The molecule has 0 amide bonds. The van der Waals surface area contributed by atoms with Crippen LogP contribution in [0.1, 0.15) is 118 Å². The molecule has 0 aromatic carbocycles. The van der Waals surface area contributed by atoms with Crippen molar-refractivity contribution in [3.63, 3.8) is 0 Å². The topological polar surface area (TPSA) is 40.5 Å². The van der Waals surface area contributed by atoms with Crippen LogP contribution in [-0.4, -0.2) is 34.6 Å². The number of unbranched alkanes of at least 4 members (excludes halogenated alkanes) is 8. The Balaban J connectivity index is 5.10. The van der Waals surface area contributed by atoms with Crippen LogP contribution >= 0.6 is 0 Å². The van der Waals surface area contributed by atoms with Gasteiger partial charge < -0.3 is 5.11 Å². The molecule has 0 fully saturated rings. The summed E-state index contributed by atoms with van der Waals surface area (Å²) < 4.78 is 0. The van der Waals surface area contributed by atoms with Gasteiger partial charge in [-0.05, 0) is 38.5 Å². The number of rotatable bonds is 20. The first-order valence-electron chi connectivity index (χ1n) is 12.4. The Bertz CT molecular complexity index is 398. The Labute approximate surface area is 181 Å². The SMILES string of the molecule is CCCCCC/C=C\C(CCC)N(CC(=O)O)C(/C=C/CCCCCC)CCC. The number of hydrogen-bond donors (Lipinski definition) is 1. The molecule has 0 aliphatic heterocycles. The third-order valence-electron chi connectivity index (χ3n) is 5.50. The molecule has 0 saturated carbocycles. The second-order valence-corrected chi connectivity index (χ2v) is 8.33. The molecule has 0 aliphatic carbocycles. The minimum absolute atomic E-state index is 0.121. The zero-order valence-electron chi connectivity index (χ0n) is 19.9. The molecule has 0 saturated heterocycles. The standard InChI is InChI=1S/C26H49NO2/c1-5-9-11-13-15-17-21-24(19-7-3)27(23-26(28)29)25(20-8-4)22-18-16-14-12-10-6-2/h17-18,21-22,24-25H,5-16,19-20,23H2,1-4H3,(H,28,29)/b21-17-,22-18+. The van der Waals surface area contributed by atoms with E-state index in [0.717, 1.165) is 38.5 Å². The summed E-state index contributed by atoms with van der Waals surface area (Å²) in [6.07, 6.45) is 25.7. The van der Waals surface area contributed by atoms with Crippen molar-refractivity contribution in [1.29, 1.82) is 0 Å². The zero-order chi connectivity index (χ0) is 21.7. The number of nitrogens with zero attached hydrogens (tertiary/aromatic N) is 1. The summed E-state index contributed by atoms with van der Waals surface area (Å²) in [5.74, 6) is -0.722. The molecule has 2 atom stereocenters. The van der Waals surface area contributed by atoms with Gasteiger partial charge >= 0.3 is 5.97 Å². The van der Waals surface area contributed by atoms with E-state index in [9.17, 15) is 9.90 Å². The first-order chi connectivity index (χ1) is 14.1. The van der Waals surface area contributed by atoms with Crippen LogP contribution in [0.5, 0.6) is 0 Å². The second kappa shape index (κ2) is 20.2. The third-order valence-corrected chi connectivity index (χ3v) is 5.50. The van der Waals surface area contributed by atoms with Crippen LogP contribution in [0.25, 0.3) is 0 Å². The van der Waals surface area contributed by atoms with Crippen LogP contribution in [0.3, 0.4) is 0 Å². The maximum atomic E-state index is 11.6. The fourth-order valence-electron chi connectivity index (χ4n) is 3.86. The van der Waals surface area contributed by atoms with Crippen molar-refractivity contribution in [3.8, 4) is 0 Å².